The van der Waals surface area contributed by atoms with Crippen LogP contribution in [0.15, 0.2) is 36.4 Å². The third-order valence-corrected chi connectivity index (χ3v) is 7.68. The molecule has 1 saturated heterocycles. The van der Waals surface area contributed by atoms with Crippen molar-refractivity contribution < 1.29 is 35.1 Å². The molecular weight excluding hydrogens is 527 g/mol. The zero-order chi connectivity index (χ0) is 30.8. The fourth-order valence-corrected chi connectivity index (χ4v) is 5.67. The highest BCUT2D eigenvalue weighted by Gasteiger charge is 2.57. The number of carbonyl (C=O) groups is 4. The van der Waals surface area contributed by atoms with Gasteiger partial charge in [-0.3, -0.25) is 19.2 Å². The molecule has 1 aromatic heterocycles. The normalized spacial score (nSPS) is 21.4. The summed E-state index contributed by atoms with van der Waals surface area (Å²) in [5, 5.41) is 2.01. The van der Waals surface area contributed by atoms with E-state index in [1.54, 1.807) is 38.1 Å². The number of H-pyrrole nitrogens is 1. The minimum atomic E-state index is -1.78. The van der Waals surface area contributed by atoms with Crippen molar-refractivity contribution in [3.05, 3.63) is 65.1 Å². The maximum absolute atomic E-state index is 14.6. The maximum Gasteiger partial charge on any atom is 0.270 e. The van der Waals surface area contributed by atoms with E-state index in [1.807, 2.05) is 0 Å². The van der Waals surface area contributed by atoms with Crippen LogP contribution < -0.4 is 11.1 Å². The molecule has 12 heteroatoms. The van der Waals surface area contributed by atoms with Crippen molar-refractivity contribution in [2.75, 3.05) is 18.9 Å². The molecule has 3 atom stereocenters. The van der Waals surface area contributed by atoms with Crippen molar-refractivity contribution >= 4 is 40.2 Å². The average molecular weight is 558 g/mol. The first-order chi connectivity index (χ1) is 19.7. The van der Waals surface area contributed by atoms with Crippen LogP contribution in [0.3, 0.4) is 0 Å². The van der Waals surface area contributed by atoms with Crippen molar-refractivity contribution in [2.24, 2.45) is 11.7 Å². The number of primary amides is 1. The number of aromatic nitrogens is 1. The molecule has 2 unspecified atom stereocenters. The molecular formula is C28H28F3N5O4. The number of hydrogen-bond donors (Lipinski definition) is 3. The van der Waals surface area contributed by atoms with Gasteiger partial charge in [0.25, 0.3) is 5.91 Å². The lowest BCUT2D eigenvalue weighted by Crippen LogP contribution is -2.54. The summed E-state index contributed by atoms with van der Waals surface area (Å²) in [6.07, 6.45) is 0.0159. The first-order valence-electron chi connectivity index (χ1n) is 13.6. The molecule has 2 aliphatic heterocycles. The Morgan fingerprint density at radius 1 is 1.20 bits per heavy atom. The van der Waals surface area contributed by atoms with Gasteiger partial charge in [-0.25, -0.2) is 13.2 Å². The number of hydrogen-bond acceptors (Lipinski definition) is 4. The lowest BCUT2D eigenvalue weighted by Gasteiger charge is -2.33. The van der Waals surface area contributed by atoms with Gasteiger partial charge in [-0.2, -0.15) is 0 Å². The number of rotatable bonds is 6. The van der Waals surface area contributed by atoms with E-state index in [0.717, 1.165) is 4.90 Å². The van der Waals surface area contributed by atoms with Crippen LogP contribution >= 0.6 is 0 Å². The van der Waals surface area contributed by atoms with Gasteiger partial charge in [0, 0.05) is 30.7 Å². The van der Waals surface area contributed by atoms with Crippen LogP contribution in [0.2, 0.25) is 0 Å². The molecule has 210 valence electrons. The third-order valence-electron chi connectivity index (χ3n) is 7.68. The van der Waals surface area contributed by atoms with Crippen LogP contribution in [-0.4, -0.2) is 64.1 Å². The number of aromatic amines is 1. The van der Waals surface area contributed by atoms with E-state index in [-0.39, 0.29) is 25.3 Å². The van der Waals surface area contributed by atoms with Crippen LogP contribution in [0.5, 0.6) is 0 Å². The standard InChI is InChI=1S/C28H28F3N5O4/c1-13(2)8-20(35(3)25(38)19-9-14-16(29)10-17(30)22(31)23(14)33-19)26(39)36-12-28(11-21(36)24(32)37)15-6-4-5-7-18(15)34-27(28)40/h4-7,9-10,13,20-21,33H,8,11-12H2,1-3H3,(H2,32,37)(H,34,40)/t20-,21?,28?/m0/s1/i9D,10D. The monoisotopic (exact) mass is 557 g/mol. The third kappa shape index (κ3) is 4.18. The van der Waals surface area contributed by atoms with Crippen LogP contribution in [0.1, 0.15) is 45.5 Å². The lowest BCUT2D eigenvalue weighted by molar-refractivity contribution is -0.141. The van der Waals surface area contributed by atoms with E-state index in [2.05, 4.69) is 10.3 Å². The summed E-state index contributed by atoms with van der Waals surface area (Å²) in [6, 6.07) is 2.31. The van der Waals surface area contributed by atoms with E-state index < -0.39 is 87.3 Å². The molecule has 1 spiro atoms. The van der Waals surface area contributed by atoms with Gasteiger partial charge in [0.05, 0.1) is 13.7 Å². The molecule has 2 aromatic carbocycles. The Labute approximate surface area is 230 Å². The Hall–Kier alpha value is -4.35. The number of likely N-dealkylation sites (tertiary alicyclic amines) is 1. The van der Waals surface area contributed by atoms with Crippen molar-refractivity contribution in [3.8, 4) is 0 Å². The summed E-state index contributed by atoms with van der Waals surface area (Å²) in [6.45, 7) is 3.40. The first kappa shape index (κ1) is 24.7. The van der Waals surface area contributed by atoms with Gasteiger partial charge in [0.15, 0.2) is 11.6 Å². The summed E-state index contributed by atoms with van der Waals surface area (Å²) in [4.78, 5) is 57.9. The number of para-hydroxylation sites is 1. The van der Waals surface area contributed by atoms with Gasteiger partial charge in [-0.1, -0.05) is 32.0 Å². The highest BCUT2D eigenvalue weighted by molar-refractivity contribution is 6.08. The largest absolute Gasteiger partial charge is 0.368 e. The second-order valence-corrected chi connectivity index (χ2v) is 10.7. The van der Waals surface area contributed by atoms with E-state index in [0.29, 0.717) is 11.3 Å². The number of nitrogens with two attached hydrogens (primary N) is 1. The minimum Gasteiger partial charge on any atom is -0.368 e. The minimum absolute atomic E-state index is 0.0680. The fraction of sp³-hybridized carbons (Fsp3) is 0.357. The van der Waals surface area contributed by atoms with Gasteiger partial charge < -0.3 is 25.8 Å². The zero-order valence-electron chi connectivity index (χ0n) is 23.9. The summed E-state index contributed by atoms with van der Waals surface area (Å²) in [5.74, 6) is -7.99. The molecule has 2 aliphatic rings. The zero-order valence-corrected chi connectivity index (χ0v) is 21.9. The number of amides is 4. The number of halogens is 3. The molecule has 3 heterocycles. The predicted molar refractivity (Wildman–Crippen MR) is 140 cm³/mol. The molecule has 0 radical (unpaired) electrons. The Morgan fingerprint density at radius 3 is 2.58 bits per heavy atom. The number of likely N-dealkylation sites (N-methyl/N-ethyl adjacent to an activating group) is 1. The van der Waals surface area contributed by atoms with E-state index in [4.69, 9.17) is 8.48 Å². The van der Waals surface area contributed by atoms with Crippen LogP contribution in [0.4, 0.5) is 18.9 Å². The van der Waals surface area contributed by atoms with E-state index >= 15 is 0 Å². The molecule has 1 fully saturated rings. The van der Waals surface area contributed by atoms with Crippen molar-refractivity contribution in [3.63, 3.8) is 0 Å². The molecule has 0 bridgehead atoms. The highest BCUT2D eigenvalue weighted by atomic mass is 19.2. The Balaban J connectivity index is 1.53. The van der Waals surface area contributed by atoms with E-state index in [1.165, 1.54) is 11.9 Å². The number of nitrogens with one attached hydrogen (secondary N) is 2. The number of carbonyl (C=O) groups excluding carboxylic acids is 4. The second kappa shape index (κ2) is 9.68. The maximum atomic E-state index is 14.6. The molecule has 0 aliphatic carbocycles. The molecule has 3 aromatic rings. The van der Waals surface area contributed by atoms with Gasteiger partial charge in [0.1, 0.15) is 23.6 Å². The quantitative estimate of drug-likeness (QED) is 0.403. The number of anilines is 1. The fourth-order valence-electron chi connectivity index (χ4n) is 5.67. The van der Waals surface area contributed by atoms with Crippen molar-refractivity contribution in [2.45, 2.75) is 44.2 Å². The molecule has 0 saturated carbocycles. The van der Waals surface area contributed by atoms with Crippen LogP contribution in [0.25, 0.3) is 10.9 Å². The molecule has 9 nitrogen and oxygen atoms in total. The second-order valence-electron chi connectivity index (χ2n) is 10.7. The average Bonchev–Trinajstić information content (AvgIpc) is 3.60. The Kier molecular flexibility index (Phi) is 5.97. The molecule has 4 N–H and O–H groups in total. The van der Waals surface area contributed by atoms with Crippen LogP contribution in [-0.2, 0) is 19.8 Å². The number of fused-ring (bicyclic) bond motifs is 3. The summed E-state index contributed by atoms with van der Waals surface area (Å²) in [5.41, 5.74) is 4.21. The Bertz CT molecular complexity index is 1680. The summed E-state index contributed by atoms with van der Waals surface area (Å²) < 4.78 is 58.9. The van der Waals surface area contributed by atoms with E-state index in [9.17, 15) is 32.3 Å². The van der Waals surface area contributed by atoms with Crippen LogP contribution in [0, 0.1) is 23.4 Å². The molecule has 40 heavy (non-hydrogen) atoms. The topological polar surface area (TPSA) is 129 Å². The number of benzene rings is 2. The SMILES string of the molecule is [2H]c1c(F)c(F)c2[nH]c(C(=O)N(C)[C@@H](CC(C)C)C(=O)N3CC4(CC3C(N)=O)C(=O)Nc3ccccc34)c([2H])c2c1F. The summed E-state index contributed by atoms with van der Waals surface area (Å²) >= 11 is 0. The lowest BCUT2D eigenvalue weighted by atomic mass is 9.79. The highest BCUT2D eigenvalue weighted by Crippen LogP contribution is 2.46. The summed E-state index contributed by atoms with van der Waals surface area (Å²) in [7, 11) is 1.25. The smallest absolute Gasteiger partial charge is 0.270 e. The van der Waals surface area contributed by atoms with Crippen molar-refractivity contribution in [1.82, 2.24) is 14.8 Å². The van der Waals surface area contributed by atoms with Gasteiger partial charge in [-0.05, 0) is 36.4 Å². The van der Waals surface area contributed by atoms with Gasteiger partial charge in [0.2, 0.25) is 17.7 Å². The predicted octanol–water partition coefficient (Wildman–Crippen LogP) is 3.05. The van der Waals surface area contributed by atoms with Crippen molar-refractivity contribution in [1.29, 1.82) is 0 Å². The van der Waals surface area contributed by atoms with Gasteiger partial charge >= 0.3 is 0 Å². The van der Waals surface area contributed by atoms with Gasteiger partial charge in [-0.15, -0.1) is 0 Å². The Morgan fingerprint density at radius 2 is 1.90 bits per heavy atom. The first-order valence-corrected chi connectivity index (χ1v) is 12.6. The number of nitrogens with zero attached hydrogens (tertiary/aromatic N) is 2. The molecule has 5 rings (SSSR count). The molecule has 4 amide bonds.